The smallest absolute Gasteiger partial charge is 0.346 e. The summed E-state index contributed by atoms with van der Waals surface area (Å²) in [7, 11) is 0. The summed E-state index contributed by atoms with van der Waals surface area (Å²) in [6, 6.07) is 5.91. The van der Waals surface area contributed by atoms with E-state index in [0.29, 0.717) is 11.1 Å². The van der Waals surface area contributed by atoms with Gasteiger partial charge in [0.2, 0.25) is 0 Å². The first kappa shape index (κ1) is 12.3. The SMILES string of the molecule is [C-]#[N+][C@@]1(C(=O)NC(C)C)C=C1c1cccc(F)c1. The highest BCUT2D eigenvalue weighted by Gasteiger charge is 2.59. The molecular formula is C14H13FN2O. The van der Waals surface area contributed by atoms with E-state index in [-0.39, 0.29) is 17.8 Å². The number of amides is 1. The van der Waals surface area contributed by atoms with Gasteiger partial charge >= 0.3 is 11.4 Å². The molecular weight excluding hydrogens is 231 g/mol. The van der Waals surface area contributed by atoms with Gasteiger partial charge in [-0.2, -0.15) is 0 Å². The Hall–Kier alpha value is -2.15. The van der Waals surface area contributed by atoms with Gasteiger partial charge in [-0.05, 0) is 31.5 Å². The lowest BCUT2D eigenvalue weighted by Gasteiger charge is -2.10. The summed E-state index contributed by atoms with van der Waals surface area (Å²) in [5, 5.41) is 2.71. The third kappa shape index (κ3) is 2.00. The molecule has 18 heavy (non-hydrogen) atoms. The van der Waals surface area contributed by atoms with Crippen LogP contribution in [0, 0.1) is 12.4 Å². The summed E-state index contributed by atoms with van der Waals surface area (Å²) in [6.45, 7) is 10.9. The summed E-state index contributed by atoms with van der Waals surface area (Å²) in [4.78, 5) is 15.4. The zero-order chi connectivity index (χ0) is 13.3. The maximum Gasteiger partial charge on any atom is 0.353 e. The Bertz CT molecular complexity index is 571. The van der Waals surface area contributed by atoms with E-state index in [4.69, 9.17) is 6.57 Å². The van der Waals surface area contributed by atoms with E-state index in [1.54, 1.807) is 18.2 Å². The second-order valence-electron chi connectivity index (χ2n) is 4.57. The lowest BCUT2D eigenvalue weighted by atomic mass is 10.0. The zero-order valence-electron chi connectivity index (χ0n) is 10.2. The maximum absolute atomic E-state index is 13.1. The molecule has 1 atom stereocenters. The van der Waals surface area contributed by atoms with Crippen molar-refractivity contribution in [3.63, 3.8) is 0 Å². The van der Waals surface area contributed by atoms with Crippen molar-refractivity contribution < 1.29 is 9.18 Å². The van der Waals surface area contributed by atoms with Crippen LogP contribution in [0.1, 0.15) is 19.4 Å². The van der Waals surface area contributed by atoms with E-state index in [1.807, 2.05) is 13.8 Å². The van der Waals surface area contributed by atoms with Gasteiger partial charge < -0.3 is 5.32 Å². The number of carbonyl (C=O) groups excluding carboxylic acids is 1. The summed E-state index contributed by atoms with van der Waals surface area (Å²) in [5.74, 6) is -0.713. The van der Waals surface area contributed by atoms with Crippen LogP contribution in [0.3, 0.4) is 0 Å². The molecule has 0 aromatic heterocycles. The summed E-state index contributed by atoms with van der Waals surface area (Å²) in [6.07, 6.45) is 1.58. The van der Waals surface area contributed by atoms with Gasteiger partial charge in [0, 0.05) is 12.1 Å². The van der Waals surface area contributed by atoms with E-state index in [1.165, 1.54) is 12.1 Å². The number of benzene rings is 1. The summed E-state index contributed by atoms with van der Waals surface area (Å²) < 4.78 is 13.1. The molecule has 1 aliphatic rings. The average molecular weight is 244 g/mol. The fraction of sp³-hybridized carbons (Fsp3) is 0.286. The Labute approximate surface area is 105 Å². The average Bonchev–Trinajstić information content (AvgIpc) is 3.04. The van der Waals surface area contributed by atoms with E-state index < -0.39 is 5.54 Å². The maximum atomic E-state index is 13.1. The molecule has 0 radical (unpaired) electrons. The molecule has 2 rings (SSSR count). The minimum atomic E-state index is -1.24. The summed E-state index contributed by atoms with van der Waals surface area (Å²) in [5.41, 5.74) is -0.0713. The highest BCUT2D eigenvalue weighted by molar-refractivity contribution is 6.15. The van der Waals surface area contributed by atoms with E-state index in [0.717, 1.165) is 0 Å². The second kappa shape index (κ2) is 4.26. The van der Waals surface area contributed by atoms with Gasteiger partial charge in [-0.1, -0.05) is 12.1 Å². The molecule has 92 valence electrons. The first-order valence-corrected chi connectivity index (χ1v) is 5.68. The van der Waals surface area contributed by atoms with Gasteiger partial charge in [0.05, 0.1) is 5.57 Å². The Morgan fingerprint density at radius 3 is 2.78 bits per heavy atom. The molecule has 0 unspecified atom stereocenters. The molecule has 1 aromatic rings. The first-order valence-electron chi connectivity index (χ1n) is 5.68. The molecule has 0 bridgehead atoms. The summed E-state index contributed by atoms with van der Waals surface area (Å²) >= 11 is 0. The Kier molecular flexibility index (Phi) is 2.92. The Balaban J connectivity index is 2.22. The van der Waals surface area contributed by atoms with Crippen molar-refractivity contribution in [2.45, 2.75) is 25.4 Å². The standard InChI is InChI=1S/C14H13FN2O/c1-9(2)17-13(18)14(16-3)8-12(14)10-5-4-6-11(15)7-10/h4-9H,1-2H3,(H,17,18)/t14-/m0/s1. The van der Waals surface area contributed by atoms with Crippen molar-refractivity contribution in [3.05, 3.63) is 53.1 Å². The third-order valence-corrected chi connectivity index (χ3v) is 2.76. The van der Waals surface area contributed by atoms with Gasteiger partial charge in [0.15, 0.2) is 0 Å². The van der Waals surface area contributed by atoms with E-state index >= 15 is 0 Å². The lowest BCUT2D eigenvalue weighted by molar-refractivity contribution is -0.122. The molecule has 3 nitrogen and oxygen atoms in total. The minimum absolute atomic E-state index is 0.0288. The van der Waals surface area contributed by atoms with E-state index in [9.17, 15) is 9.18 Å². The van der Waals surface area contributed by atoms with E-state index in [2.05, 4.69) is 10.2 Å². The number of nitrogens with zero attached hydrogens (tertiary/aromatic N) is 1. The van der Waals surface area contributed by atoms with Gasteiger partial charge in [0.1, 0.15) is 5.82 Å². The molecule has 0 fully saturated rings. The molecule has 0 spiro atoms. The Morgan fingerprint density at radius 1 is 1.50 bits per heavy atom. The van der Waals surface area contributed by atoms with Crippen LogP contribution in [-0.4, -0.2) is 17.5 Å². The van der Waals surface area contributed by atoms with Crippen molar-refractivity contribution in [1.82, 2.24) is 5.32 Å². The van der Waals surface area contributed by atoms with Crippen LogP contribution in [0.4, 0.5) is 4.39 Å². The Morgan fingerprint density at radius 2 is 2.22 bits per heavy atom. The lowest BCUT2D eigenvalue weighted by Crippen LogP contribution is -2.40. The van der Waals surface area contributed by atoms with Crippen molar-refractivity contribution >= 4 is 11.5 Å². The highest BCUT2D eigenvalue weighted by Crippen LogP contribution is 2.46. The van der Waals surface area contributed by atoms with Crippen molar-refractivity contribution in [2.75, 3.05) is 0 Å². The van der Waals surface area contributed by atoms with Crippen LogP contribution < -0.4 is 5.32 Å². The molecule has 0 aliphatic heterocycles. The van der Waals surface area contributed by atoms with Gasteiger partial charge in [-0.3, -0.25) is 9.64 Å². The molecule has 1 N–H and O–H groups in total. The van der Waals surface area contributed by atoms with Crippen LogP contribution in [0.2, 0.25) is 0 Å². The van der Waals surface area contributed by atoms with Gasteiger partial charge in [-0.15, -0.1) is 0 Å². The molecule has 1 amide bonds. The number of nitrogens with one attached hydrogen (secondary N) is 1. The van der Waals surface area contributed by atoms with Crippen LogP contribution in [-0.2, 0) is 4.79 Å². The fourth-order valence-electron chi connectivity index (χ4n) is 1.84. The predicted molar refractivity (Wildman–Crippen MR) is 67.0 cm³/mol. The fourth-order valence-corrected chi connectivity index (χ4v) is 1.84. The molecule has 0 saturated heterocycles. The number of halogens is 1. The number of hydrogen-bond acceptors (Lipinski definition) is 1. The number of rotatable bonds is 3. The monoisotopic (exact) mass is 244 g/mol. The molecule has 1 aliphatic carbocycles. The second-order valence-corrected chi connectivity index (χ2v) is 4.57. The van der Waals surface area contributed by atoms with Gasteiger partial charge in [0.25, 0.3) is 0 Å². The first-order chi connectivity index (χ1) is 8.49. The normalized spacial score (nSPS) is 21.2. The van der Waals surface area contributed by atoms with Crippen molar-refractivity contribution in [3.8, 4) is 0 Å². The van der Waals surface area contributed by atoms with Gasteiger partial charge in [-0.25, -0.2) is 11.0 Å². The van der Waals surface area contributed by atoms with Crippen molar-refractivity contribution in [1.29, 1.82) is 0 Å². The molecule has 0 saturated carbocycles. The van der Waals surface area contributed by atoms with Crippen molar-refractivity contribution in [2.24, 2.45) is 0 Å². The molecule has 4 heteroatoms. The van der Waals surface area contributed by atoms with Crippen LogP contribution in [0.25, 0.3) is 10.4 Å². The highest BCUT2D eigenvalue weighted by atomic mass is 19.1. The largest absolute Gasteiger partial charge is 0.353 e. The molecule has 0 heterocycles. The topological polar surface area (TPSA) is 33.5 Å². The van der Waals surface area contributed by atoms with Crippen LogP contribution in [0.15, 0.2) is 30.3 Å². The minimum Gasteiger partial charge on any atom is -0.346 e. The molecule has 1 aromatic carbocycles. The number of hydrogen-bond donors (Lipinski definition) is 1. The van der Waals surface area contributed by atoms with Crippen LogP contribution in [0.5, 0.6) is 0 Å². The zero-order valence-corrected chi connectivity index (χ0v) is 10.2. The predicted octanol–water partition coefficient (Wildman–Crippen LogP) is 2.41. The van der Waals surface area contributed by atoms with Crippen LogP contribution >= 0.6 is 0 Å². The quantitative estimate of drug-likeness (QED) is 0.814. The number of carbonyl (C=O) groups is 1. The third-order valence-electron chi connectivity index (χ3n) is 2.76.